The molecule has 0 saturated heterocycles. The van der Waals surface area contributed by atoms with Gasteiger partial charge in [0.25, 0.3) is 0 Å². The van der Waals surface area contributed by atoms with E-state index in [1.54, 1.807) is 5.57 Å². The van der Waals surface area contributed by atoms with E-state index in [1.165, 1.54) is 38.5 Å². The monoisotopic (exact) mass is 702 g/mol. The van der Waals surface area contributed by atoms with Gasteiger partial charge in [-0.15, -0.1) is 0 Å². The molecule has 6 unspecified atom stereocenters. The number of rotatable bonds is 14. The number of alkyl carbamates (subject to hydrolysis) is 2. The van der Waals surface area contributed by atoms with Crippen molar-refractivity contribution in [3.63, 3.8) is 0 Å². The number of unbranched alkanes of at least 4 members (excludes halogenated alkanes) is 5. The summed E-state index contributed by atoms with van der Waals surface area (Å²) >= 11 is 0. The van der Waals surface area contributed by atoms with Crippen molar-refractivity contribution in [2.75, 3.05) is 26.2 Å². The first-order valence-corrected chi connectivity index (χ1v) is 20.1. The minimum Gasteiger partial charge on any atom is -0.446 e. The van der Waals surface area contributed by atoms with Gasteiger partial charge < -0.3 is 29.7 Å². The zero-order valence-electron chi connectivity index (χ0n) is 32.9. The van der Waals surface area contributed by atoms with Crippen molar-refractivity contribution in [2.45, 2.75) is 175 Å². The van der Waals surface area contributed by atoms with E-state index < -0.39 is 17.3 Å². The lowest BCUT2D eigenvalue weighted by Gasteiger charge is -2.57. The summed E-state index contributed by atoms with van der Waals surface area (Å²) in [4.78, 5) is 39.5. The summed E-state index contributed by atoms with van der Waals surface area (Å²) < 4.78 is 16.9. The van der Waals surface area contributed by atoms with Gasteiger partial charge in [0.1, 0.15) is 17.3 Å². The minimum absolute atomic E-state index is 0.0737. The second-order valence-electron chi connectivity index (χ2n) is 18.4. The molecule has 2 N–H and O–H groups in total. The Morgan fingerprint density at radius 1 is 0.760 bits per heavy atom. The van der Waals surface area contributed by atoms with Gasteiger partial charge in [-0.1, -0.05) is 57.6 Å². The molecule has 3 amide bonds. The van der Waals surface area contributed by atoms with Gasteiger partial charge in [0.05, 0.1) is 0 Å². The van der Waals surface area contributed by atoms with E-state index in [0.717, 1.165) is 75.5 Å². The minimum atomic E-state index is -0.548. The van der Waals surface area contributed by atoms with E-state index in [-0.39, 0.29) is 23.7 Å². The lowest BCUT2D eigenvalue weighted by Crippen LogP contribution is -2.49. The first-order chi connectivity index (χ1) is 23.5. The largest absolute Gasteiger partial charge is 0.446 e. The topological polar surface area (TPSA) is 106 Å². The van der Waals surface area contributed by atoms with Crippen LogP contribution in [0.25, 0.3) is 0 Å². The van der Waals surface area contributed by atoms with Crippen molar-refractivity contribution < 1.29 is 28.6 Å². The Balaban J connectivity index is 1.23. The number of ether oxygens (including phenoxy) is 3. The average Bonchev–Trinajstić information content (AvgIpc) is 3.41. The van der Waals surface area contributed by atoms with Crippen molar-refractivity contribution in [1.82, 2.24) is 15.5 Å². The third kappa shape index (κ3) is 11.5. The van der Waals surface area contributed by atoms with Crippen molar-refractivity contribution in [3.8, 4) is 0 Å². The van der Waals surface area contributed by atoms with Gasteiger partial charge in [-0.05, 0) is 134 Å². The molecule has 0 aromatic rings. The van der Waals surface area contributed by atoms with Crippen molar-refractivity contribution in [1.29, 1.82) is 0 Å². The van der Waals surface area contributed by atoms with Crippen LogP contribution < -0.4 is 10.6 Å². The molecular formula is C41H71N3O6. The van der Waals surface area contributed by atoms with Gasteiger partial charge in [0.15, 0.2) is 0 Å². The van der Waals surface area contributed by atoms with Gasteiger partial charge in [-0.2, -0.15) is 0 Å². The van der Waals surface area contributed by atoms with Crippen molar-refractivity contribution in [3.05, 3.63) is 11.6 Å². The summed E-state index contributed by atoms with van der Waals surface area (Å²) in [5.41, 5.74) is 1.31. The highest BCUT2D eigenvalue weighted by atomic mass is 16.6. The van der Waals surface area contributed by atoms with Crippen LogP contribution in [-0.4, -0.2) is 66.7 Å². The van der Waals surface area contributed by atoms with Crippen LogP contribution in [0, 0.1) is 28.6 Å². The average molecular weight is 702 g/mol. The molecule has 0 radical (unpaired) electrons. The maximum Gasteiger partial charge on any atom is 0.410 e. The highest BCUT2D eigenvalue weighted by Crippen LogP contribution is 2.64. The maximum absolute atomic E-state index is 13.7. The molecule has 6 atom stereocenters. The molecule has 286 valence electrons. The molecule has 0 bridgehead atoms. The molecule has 0 aromatic carbocycles. The molecule has 0 aliphatic heterocycles. The molecule has 0 heterocycles. The molecule has 9 heteroatoms. The van der Waals surface area contributed by atoms with Crippen LogP contribution in [0.4, 0.5) is 14.4 Å². The van der Waals surface area contributed by atoms with E-state index in [2.05, 4.69) is 30.6 Å². The summed E-state index contributed by atoms with van der Waals surface area (Å²) in [6.45, 7) is 18.4. The highest BCUT2D eigenvalue weighted by Gasteiger charge is 2.56. The maximum atomic E-state index is 13.7. The van der Waals surface area contributed by atoms with Crippen LogP contribution >= 0.6 is 0 Å². The van der Waals surface area contributed by atoms with E-state index in [0.29, 0.717) is 38.0 Å². The van der Waals surface area contributed by atoms with Crippen LogP contribution in [0.5, 0.6) is 0 Å². The predicted molar refractivity (Wildman–Crippen MR) is 199 cm³/mol. The first-order valence-electron chi connectivity index (χ1n) is 20.1. The molecule has 3 fully saturated rings. The predicted octanol–water partition coefficient (Wildman–Crippen LogP) is 9.93. The Morgan fingerprint density at radius 2 is 1.36 bits per heavy atom. The highest BCUT2D eigenvalue weighted by molar-refractivity contribution is 5.68. The standard InChI is InChI=1S/C41H71N3O6/c1-38(2,3)49-35(45)42-25-13-11-9-10-12-14-27-44(28-16-26-43-36(46)50-39(4,5)6)37(47)48-31-20-24-41(8)30(29-31)18-19-32-33-17-15-22-40(33,7)23-21-34(32)41/h18,31-34H,9-17,19-29H2,1-8H3,(H,42,45)(H,43,46). The lowest BCUT2D eigenvalue weighted by atomic mass is 9.48. The Bertz CT molecular complexity index is 1170. The van der Waals surface area contributed by atoms with Crippen LogP contribution in [-0.2, 0) is 14.2 Å². The molecule has 3 saturated carbocycles. The third-order valence-corrected chi connectivity index (χ3v) is 12.2. The number of allylic oxidation sites excluding steroid dienone is 1. The number of carbonyl (C=O) groups excluding carboxylic acids is 3. The molecule has 0 aromatic heterocycles. The third-order valence-electron chi connectivity index (χ3n) is 12.2. The summed E-state index contributed by atoms with van der Waals surface area (Å²) in [7, 11) is 0. The van der Waals surface area contributed by atoms with E-state index >= 15 is 0 Å². The second-order valence-corrected chi connectivity index (χ2v) is 18.4. The number of nitrogens with zero attached hydrogens (tertiary/aromatic N) is 1. The molecule has 4 aliphatic rings. The number of hydrogen-bond donors (Lipinski definition) is 2. The van der Waals surface area contributed by atoms with Gasteiger partial charge in [0.2, 0.25) is 0 Å². The van der Waals surface area contributed by atoms with Crippen LogP contribution in [0.3, 0.4) is 0 Å². The molecular weight excluding hydrogens is 630 g/mol. The summed E-state index contributed by atoms with van der Waals surface area (Å²) in [6.07, 6.45) is 19.2. The SMILES string of the molecule is CC(C)(C)OC(=O)NCCCCCCCCN(CCCNC(=O)OC(C)(C)C)C(=O)OC1CCC2(C)C(=CCC3C4CCCC4(C)CCC32)C1. The Morgan fingerprint density at radius 3 is 2.02 bits per heavy atom. The van der Waals surface area contributed by atoms with Gasteiger partial charge >= 0.3 is 18.3 Å². The number of amides is 3. The van der Waals surface area contributed by atoms with Crippen molar-refractivity contribution >= 4 is 18.3 Å². The molecule has 4 rings (SSSR count). The molecule has 4 aliphatic carbocycles. The summed E-state index contributed by atoms with van der Waals surface area (Å²) in [5, 5.41) is 5.65. The smallest absolute Gasteiger partial charge is 0.410 e. The molecule has 9 nitrogen and oxygen atoms in total. The Labute approximate surface area is 303 Å². The van der Waals surface area contributed by atoms with Gasteiger partial charge in [-0.3, -0.25) is 0 Å². The number of hydrogen-bond acceptors (Lipinski definition) is 6. The number of nitrogens with one attached hydrogen (secondary N) is 2. The lowest BCUT2D eigenvalue weighted by molar-refractivity contribution is -0.0400. The normalized spacial score (nSPS) is 29.1. The second kappa shape index (κ2) is 17.4. The zero-order valence-corrected chi connectivity index (χ0v) is 32.9. The summed E-state index contributed by atoms with van der Waals surface area (Å²) in [6, 6.07) is 0. The van der Waals surface area contributed by atoms with E-state index in [1.807, 2.05) is 46.4 Å². The zero-order chi connectivity index (χ0) is 36.6. The van der Waals surface area contributed by atoms with Crippen molar-refractivity contribution in [2.24, 2.45) is 28.6 Å². The summed E-state index contributed by atoms with van der Waals surface area (Å²) in [5.74, 6) is 2.47. The quantitative estimate of drug-likeness (QED) is 0.106. The van der Waals surface area contributed by atoms with E-state index in [4.69, 9.17) is 14.2 Å². The Hall–Kier alpha value is -2.45. The molecule has 0 spiro atoms. The fourth-order valence-electron chi connectivity index (χ4n) is 9.65. The number of fused-ring (bicyclic) bond motifs is 5. The van der Waals surface area contributed by atoms with Gasteiger partial charge in [0, 0.05) is 32.6 Å². The van der Waals surface area contributed by atoms with Gasteiger partial charge in [-0.25, -0.2) is 14.4 Å². The first kappa shape index (κ1) is 40.3. The van der Waals surface area contributed by atoms with Crippen LogP contribution in [0.2, 0.25) is 0 Å². The molecule has 50 heavy (non-hydrogen) atoms. The fourth-order valence-corrected chi connectivity index (χ4v) is 9.65. The fraction of sp³-hybridized carbons (Fsp3) is 0.878. The van der Waals surface area contributed by atoms with Crippen LogP contribution in [0.1, 0.15) is 158 Å². The number of carbonyl (C=O) groups is 3. The van der Waals surface area contributed by atoms with Crippen LogP contribution in [0.15, 0.2) is 11.6 Å². The Kier molecular flexibility index (Phi) is 14.0. The van der Waals surface area contributed by atoms with E-state index in [9.17, 15) is 14.4 Å².